The van der Waals surface area contributed by atoms with Gasteiger partial charge in [0, 0.05) is 17.3 Å². The van der Waals surface area contributed by atoms with Gasteiger partial charge in [-0.2, -0.15) is 13.2 Å². The molecule has 21 heavy (non-hydrogen) atoms. The van der Waals surface area contributed by atoms with Gasteiger partial charge in [0.2, 0.25) is 0 Å². The Morgan fingerprint density at radius 3 is 2.00 bits per heavy atom. The number of hydrogen-bond acceptors (Lipinski definition) is 3. The molecule has 3 nitrogen and oxygen atoms in total. The Kier molecular flexibility index (Phi) is 2.90. The lowest BCUT2D eigenvalue weighted by Crippen LogP contribution is -2.20. The third kappa shape index (κ3) is 2.03. The summed E-state index contributed by atoms with van der Waals surface area (Å²) in [4.78, 5) is 28.2. The van der Waals surface area contributed by atoms with Crippen LogP contribution in [0.5, 0.6) is 0 Å². The zero-order valence-corrected chi connectivity index (χ0v) is 10.5. The maximum absolute atomic E-state index is 13.0. The third-order valence-corrected chi connectivity index (χ3v) is 3.40. The predicted molar refractivity (Wildman–Crippen MR) is 67.1 cm³/mol. The van der Waals surface area contributed by atoms with Crippen molar-refractivity contribution < 1.29 is 22.8 Å². The molecule has 106 valence electrons. The average molecular weight is 291 g/mol. The summed E-state index contributed by atoms with van der Waals surface area (Å²) in [7, 11) is 0. The highest BCUT2D eigenvalue weighted by molar-refractivity contribution is 6.29. The van der Waals surface area contributed by atoms with E-state index in [1.165, 1.54) is 12.1 Å². The number of pyridine rings is 1. The van der Waals surface area contributed by atoms with Crippen molar-refractivity contribution in [3.05, 3.63) is 65.0 Å². The molecule has 0 spiro atoms. The average Bonchev–Trinajstić information content (AvgIpc) is 2.71. The van der Waals surface area contributed by atoms with Gasteiger partial charge in [-0.15, -0.1) is 0 Å². The first-order chi connectivity index (χ1) is 9.91. The van der Waals surface area contributed by atoms with E-state index in [0.29, 0.717) is 0 Å². The lowest BCUT2D eigenvalue weighted by atomic mass is 9.95. The fraction of sp³-hybridized carbons (Fsp3) is 0.133. The summed E-state index contributed by atoms with van der Waals surface area (Å²) in [6.07, 6.45) is -3.52. The SMILES string of the molecule is O=C1c2ccccc2C(=O)C1c1ncccc1C(F)(F)F. The second-order valence-electron chi connectivity index (χ2n) is 4.64. The number of benzene rings is 1. The van der Waals surface area contributed by atoms with E-state index in [0.717, 1.165) is 18.3 Å². The minimum Gasteiger partial charge on any atom is -0.293 e. The van der Waals surface area contributed by atoms with E-state index < -0.39 is 34.9 Å². The summed E-state index contributed by atoms with van der Waals surface area (Å²) in [5, 5.41) is 0. The van der Waals surface area contributed by atoms with E-state index in [2.05, 4.69) is 4.98 Å². The highest BCUT2D eigenvalue weighted by Crippen LogP contribution is 2.39. The number of Topliss-reactive ketones (excluding diaryl/α,β-unsaturated/α-hetero) is 2. The van der Waals surface area contributed by atoms with Gasteiger partial charge in [-0.05, 0) is 12.1 Å². The van der Waals surface area contributed by atoms with Crippen LogP contribution in [0, 0.1) is 0 Å². The number of nitrogens with zero attached hydrogens (tertiary/aromatic N) is 1. The fourth-order valence-corrected chi connectivity index (χ4v) is 2.48. The van der Waals surface area contributed by atoms with Crippen LogP contribution >= 0.6 is 0 Å². The molecule has 3 rings (SSSR count). The number of aromatic nitrogens is 1. The van der Waals surface area contributed by atoms with Crippen LogP contribution in [-0.4, -0.2) is 16.6 Å². The molecule has 1 aliphatic rings. The smallest absolute Gasteiger partial charge is 0.293 e. The molecule has 1 heterocycles. The normalized spacial score (nSPS) is 15.4. The maximum Gasteiger partial charge on any atom is 0.418 e. The van der Waals surface area contributed by atoms with E-state index in [-0.39, 0.29) is 11.1 Å². The van der Waals surface area contributed by atoms with Crippen LogP contribution in [-0.2, 0) is 6.18 Å². The van der Waals surface area contributed by atoms with Crippen LogP contribution < -0.4 is 0 Å². The summed E-state index contributed by atoms with van der Waals surface area (Å²) in [5.41, 5.74) is -1.29. The lowest BCUT2D eigenvalue weighted by Gasteiger charge is -2.14. The molecule has 1 aromatic heterocycles. The molecule has 0 amide bonds. The summed E-state index contributed by atoms with van der Waals surface area (Å²) < 4.78 is 39.1. The van der Waals surface area contributed by atoms with Gasteiger partial charge in [-0.25, -0.2) is 0 Å². The third-order valence-electron chi connectivity index (χ3n) is 3.40. The van der Waals surface area contributed by atoms with Crippen LogP contribution in [0.15, 0.2) is 42.6 Å². The Bertz CT molecular complexity index is 718. The van der Waals surface area contributed by atoms with Gasteiger partial charge in [0.15, 0.2) is 11.6 Å². The van der Waals surface area contributed by atoms with Gasteiger partial charge in [0.25, 0.3) is 0 Å². The van der Waals surface area contributed by atoms with Gasteiger partial charge in [0.1, 0.15) is 5.92 Å². The first-order valence-corrected chi connectivity index (χ1v) is 6.11. The first kappa shape index (κ1) is 13.5. The van der Waals surface area contributed by atoms with Crippen LogP contribution in [0.1, 0.15) is 37.9 Å². The quantitative estimate of drug-likeness (QED) is 0.758. The number of carbonyl (C=O) groups excluding carboxylic acids is 2. The number of carbonyl (C=O) groups is 2. The van der Waals surface area contributed by atoms with Crippen molar-refractivity contribution in [2.45, 2.75) is 12.1 Å². The minimum atomic E-state index is -4.67. The molecule has 0 aliphatic heterocycles. The summed E-state index contributed by atoms with van der Waals surface area (Å²) in [6.45, 7) is 0. The summed E-state index contributed by atoms with van der Waals surface area (Å²) >= 11 is 0. The van der Waals surface area contributed by atoms with E-state index in [4.69, 9.17) is 0 Å². The van der Waals surface area contributed by atoms with Crippen LogP contribution in [0.3, 0.4) is 0 Å². The van der Waals surface area contributed by atoms with E-state index in [9.17, 15) is 22.8 Å². The van der Waals surface area contributed by atoms with Crippen LogP contribution in [0.4, 0.5) is 13.2 Å². The molecule has 2 aromatic rings. The number of rotatable bonds is 1. The molecule has 0 bridgehead atoms. The number of hydrogen-bond donors (Lipinski definition) is 0. The van der Waals surface area contributed by atoms with E-state index in [1.807, 2.05) is 0 Å². The topological polar surface area (TPSA) is 47.0 Å². The summed E-state index contributed by atoms with van der Waals surface area (Å²) in [6, 6.07) is 7.96. The van der Waals surface area contributed by atoms with Crippen molar-refractivity contribution in [3.8, 4) is 0 Å². The van der Waals surface area contributed by atoms with Crippen molar-refractivity contribution in [2.75, 3.05) is 0 Å². The molecular weight excluding hydrogens is 283 g/mol. The van der Waals surface area contributed by atoms with Crippen LogP contribution in [0.2, 0.25) is 0 Å². The Balaban J connectivity index is 2.17. The highest BCUT2D eigenvalue weighted by Gasteiger charge is 2.45. The largest absolute Gasteiger partial charge is 0.418 e. The predicted octanol–water partition coefficient (Wildman–Crippen LogP) is 3.26. The molecular formula is C15H8F3NO2. The monoisotopic (exact) mass is 291 g/mol. The zero-order valence-electron chi connectivity index (χ0n) is 10.5. The molecule has 0 saturated heterocycles. The summed E-state index contributed by atoms with van der Waals surface area (Å²) in [5.74, 6) is -2.79. The highest BCUT2D eigenvalue weighted by atomic mass is 19.4. The second kappa shape index (κ2) is 4.51. The molecule has 0 atom stereocenters. The van der Waals surface area contributed by atoms with Crippen LogP contribution in [0.25, 0.3) is 0 Å². The Hall–Kier alpha value is -2.50. The lowest BCUT2D eigenvalue weighted by molar-refractivity contribution is -0.138. The number of halogens is 3. The number of alkyl halides is 3. The Morgan fingerprint density at radius 1 is 0.905 bits per heavy atom. The molecule has 0 N–H and O–H groups in total. The maximum atomic E-state index is 13.0. The Labute approximate surface area is 117 Å². The molecule has 1 aromatic carbocycles. The molecule has 0 saturated carbocycles. The van der Waals surface area contributed by atoms with Gasteiger partial charge < -0.3 is 0 Å². The van der Waals surface area contributed by atoms with Gasteiger partial charge in [0.05, 0.1) is 11.3 Å². The van der Waals surface area contributed by atoms with E-state index >= 15 is 0 Å². The minimum absolute atomic E-state index is 0.145. The molecule has 0 radical (unpaired) electrons. The van der Waals surface area contributed by atoms with Gasteiger partial charge in [-0.1, -0.05) is 24.3 Å². The number of ketones is 2. The second-order valence-corrected chi connectivity index (χ2v) is 4.64. The first-order valence-electron chi connectivity index (χ1n) is 6.11. The van der Waals surface area contributed by atoms with Crippen molar-refractivity contribution in [1.29, 1.82) is 0 Å². The molecule has 1 aliphatic carbocycles. The Morgan fingerprint density at radius 2 is 1.48 bits per heavy atom. The fourth-order valence-electron chi connectivity index (χ4n) is 2.48. The molecule has 0 unspecified atom stereocenters. The van der Waals surface area contributed by atoms with Crippen molar-refractivity contribution in [2.24, 2.45) is 0 Å². The van der Waals surface area contributed by atoms with Crippen molar-refractivity contribution >= 4 is 11.6 Å². The van der Waals surface area contributed by atoms with Gasteiger partial charge >= 0.3 is 6.18 Å². The van der Waals surface area contributed by atoms with Crippen molar-refractivity contribution in [1.82, 2.24) is 4.98 Å². The zero-order chi connectivity index (χ0) is 15.2. The van der Waals surface area contributed by atoms with Crippen molar-refractivity contribution in [3.63, 3.8) is 0 Å². The standard InChI is InChI=1S/C15H8F3NO2/c16-15(17,18)10-6-3-7-19-12(10)11-13(20)8-4-1-2-5-9(8)14(11)21/h1-7,11H. The molecule has 6 heteroatoms. The molecule has 0 fully saturated rings. The number of fused-ring (bicyclic) bond motifs is 1. The van der Waals surface area contributed by atoms with Gasteiger partial charge in [-0.3, -0.25) is 14.6 Å². The van der Waals surface area contributed by atoms with E-state index in [1.54, 1.807) is 12.1 Å².